The van der Waals surface area contributed by atoms with Crippen molar-refractivity contribution in [1.29, 1.82) is 0 Å². The van der Waals surface area contributed by atoms with Crippen molar-refractivity contribution >= 4 is 11.6 Å². The van der Waals surface area contributed by atoms with Crippen LogP contribution >= 0.6 is 0 Å². The summed E-state index contributed by atoms with van der Waals surface area (Å²) < 4.78 is 67.3. The summed E-state index contributed by atoms with van der Waals surface area (Å²) in [4.78, 5) is 13.2. The quantitative estimate of drug-likeness (QED) is 0.318. The normalized spacial score (nSPS) is 25.4. The third-order valence-corrected chi connectivity index (χ3v) is 6.59. The van der Waals surface area contributed by atoms with Crippen LogP contribution in [0, 0.1) is 23.9 Å². The fourth-order valence-corrected chi connectivity index (χ4v) is 4.38. The molecule has 0 saturated carbocycles. The molecule has 1 aromatic heterocycles. The van der Waals surface area contributed by atoms with E-state index in [9.17, 15) is 32.7 Å². The van der Waals surface area contributed by atoms with E-state index < -0.39 is 54.2 Å². The summed E-state index contributed by atoms with van der Waals surface area (Å²) in [6.07, 6.45) is -7.08. The Hall–Kier alpha value is -2.96. The van der Waals surface area contributed by atoms with E-state index >= 15 is 0 Å². The molecule has 0 unspecified atom stereocenters. The Morgan fingerprint density at radius 1 is 1.37 bits per heavy atom. The molecule has 1 amide bonds. The Kier molecular flexibility index (Phi) is 7.30. The number of amides is 1. The van der Waals surface area contributed by atoms with Gasteiger partial charge in [0.2, 0.25) is 5.69 Å². The number of alkyl halides is 3. The lowest BCUT2D eigenvalue weighted by atomic mass is 9.76. The lowest BCUT2D eigenvalue weighted by Crippen LogP contribution is -2.47. The first kappa shape index (κ1) is 26.6. The summed E-state index contributed by atoms with van der Waals surface area (Å²) in [7, 11) is 1.25. The Morgan fingerprint density at radius 3 is 2.60 bits per heavy atom. The Labute approximate surface area is 198 Å². The van der Waals surface area contributed by atoms with Gasteiger partial charge in [-0.15, -0.1) is 0 Å². The molecule has 1 aliphatic heterocycles. The number of benzene rings is 1. The largest absolute Gasteiger partial charge is 0.618 e. The van der Waals surface area contributed by atoms with Crippen LogP contribution in [0.5, 0.6) is 5.75 Å². The number of aliphatic hydroxyl groups is 2. The van der Waals surface area contributed by atoms with E-state index in [1.165, 1.54) is 33.1 Å². The lowest BCUT2D eigenvalue weighted by molar-refractivity contribution is -0.618. The molecule has 8 nitrogen and oxygen atoms in total. The highest BCUT2D eigenvalue weighted by molar-refractivity contribution is 5.95. The first-order chi connectivity index (χ1) is 16.3. The van der Waals surface area contributed by atoms with E-state index in [0.717, 1.165) is 25.3 Å². The number of carbonyl (C=O) groups is 1. The van der Waals surface area contributed by atoms with Crippen LogP contribution in [-0.4, -0.2) is 47.7 Å². The van der Waals surface area contributed by atoms with Crippen molar-refractivity contribution < 1.29 is 46.8 Å². The Morgan fingerprint density at radius 2 is 2.03 bits per heavy atom. The molecule has 1 aliphatic rings. The van der Waals surface area contributed by atoms with Gasteiger partial charge in [-0.2, -0.15) is 17.9 Å². The molecule has 0 spiro atoms. The van der Waals surface area contributed by atoms with Crippen molar-refractivity contribution in [3.8, 4) is 5.75 Å². The van der Waals surface area contributed by atoms with Crippen LogP contribution in [0.3, 0.4) is 0 Å². The van der Waals surface area contributed by atoms with Gasteiger partial charge in [0, 0.05) is 35.1 Å². The van der Waals surface area contributed by atoms with Gasteiger partial charge in [0.15, 0.2) is 17.9 Å². The van der Waals surface area contributed by atoms with E-state index in [-0.39, 0.29) is 33.0 Å². The monoisotopic (exact) mass is 502 g/mol. The second kappa shape index (κ2) is 9.59. The standard InChI is InChI=1S/C23H26F4N2O6/c1-11-15(24)6-5-14(19(11)34-4)18-12(2)22(3,23(25,26)27)35-20(18)21(32)28-13-7-8-29(33)16(9-13)17(31)10-30/h5-9,12,17-18,20,30-31H,10H2,1-4H3,(H,28,32)/t12-,17+,18-,20+,22+/m0/s1. The van der Waals surface area contributed by atoms with Crippen LogP contribution in [0.2, 0.25) is 0 Å². The van der Waals surface area contributed by atoms with Crippen molar-refractivity contribution in [2.45, 2.75) is 50.7 Å². The van der Waals surface area contributed by atoms with E-state index in [4.69, 9.17) is 14.6 Å². The molecule has 1 aromatic carbocycles. The van der Waals surface area contributed by atoms with E-state index in [0.29, 0.717) is 0 Å². The summed E-state index contributed by atoms with van der Waals surface area (Å²) in [6.45, 7) is 2.78. The SMILES string of the molecule is COc1c([C@H]2[C@H](C(=O)Nc3cc[n+]([O-])c([C@H](O)CO)c3)O[C@@](C)(C(F)(F)F)[C@H]2C)ccc(F)c1C. The number of hydrogen-bond donors (Lipinski definition) is 3. The number of nitrogens with zero attached hydrogens (tertiary/aromatic N) is 1. The molecule has 12 heteroatoms. The fourth-order valence-electron chi connectivity index (χ4n) is 4.38. The first-order valence-corrected chi connectivity index (χ1v) is 10.7. The maximum Gasteiger partial charge on any atom is 0.417 e. The molecular formula is C23H26F4N2O6. The zero-order valence-corrected chi connectivity index (χ0v) is 19.4. The number of methoxy groups -OCH3 is 1. The van der Waals surface area contributed by atoms with Gasteiger partial charge in [0.05, 0.1) is 19.4 Å². The molecule has 1 saturated heterocycles. The minimum atomic E-state index is -4.83. The van der Waals surface area contributed by atoms with Gasteiger partial charge in [0.25, 0.3) is 5.91 Å². The van der Waals surface area contributed by atoms with E-state index in [1.807, 2.05) is 0 Å². The maximum absolute atomic E-state index is 14.1. The molecule has 2 aromatic rings. The highest BCUT2D eigenvalue weighted by Gasteiger charge is 2.65. The molecule has 3 rings (SSSR count). The molecule has 0 aliphatic carbocycles. The lowest BCUT2D eigenvalue weighted by Gasteiger charge is -2.32. The molecule has 1 fully saturated rings. The van der Waals surface area contributed by atoms with Crippen LogP contribution in [0.15, 0.2) is 30.5 Å². The molecule has 3 N–H and O–H groups in total. The number of hydrogen-bond acceptors (Lipinski definition) is 6. The molecule has 5 atom stereocenters. The topological polar surface area (TPSA) is 115 Å². The molecule has 192 valence electrons. The molecule has 2 heterocycles. The number of rotatable bonds is 6. The number of carbonyl (C=O) groups excluding carboxylic acids is 1. The number of nitrogens with one attached hydrogen (secondary N) is 1. The van der Waals surface area contributed by atoms with Gasteiger partial charge >= 0.3 is 6.18 Å². The molecule has 0 radical (unpaired) electrons. The highest BCUT2D eigenvalue weighted by Crippen LogP contribution is 2.55. The third kappa shape index (κ3) is 4.65. The molecule has 0 bridgehead atoms. The van der Waals surface area contributed by atoms with Crippen molar-refractivity contribution in [3.05, 3.63) is 58.3 Å². The zero-order valence-electron chi connectivity index (χ0n) is 19.4. The van der Waals surface area contributed by atoms with Crippen LogP contribution in [0.1, 0.15) is 42.7 Å². The fraction of sp³-hybridized carbons (Fsp3) is 0.478. The van der Waals surface area contributed by atoms with Gasteiger partial charge in [-0.25, -0.2) is 4.39 Å². The summed E-state index contributed by atoms with van der Waals surface area (Å²) in [6, 6.07) is 4.62. The van der Waals surface area contributed by atoms with Gasteiger partial charge in [0.1, 0.15) is 17.7 Å². The van der Waals surface area contributed by atoms with Crippen LogP contribution < -0.4 is 14.8 Å². The van der Waals surface area contributed by atoms with Crippen LogP contribution in [-0.2, 0) is 9.53 Å². The minimum Gasteiger partial charge on any atom is -0.618 e. The van der Waals surface area contributed by atoms with Gasteiger partial charge in [-0.05, 0) is 19.9 Å². The number of pyridine rings is 1. The van der Waals surface area contributed by atoms with Crippen LogP contribution in [0.25, 0.3) is 0 Å². The second-order valence-corrected chi connectivity index (χ2v) is 8.61. The van der Waals surface area contributed by atoms with Crippen molar-refractivity contribution in [2.24, 2.45) is 5.92 Å². The average Bonchev–Trinajstić information content (AvgIpc) is 3.08. The Balaban J connectivity index is 2.06. The summed E-state index contributed by atoms with van der Waals surface area (Å²) in [5.74, 6) is -4.01. The number of halogens is 4. The molecule has 35 heavy (non-hydrogen) atoms. The summed E-state index contributed by atoms with van der Waals surface area (Å²) >= 11 is 0. The van der Waals surface area contributed by atoms with Crippen molar-refractivity contribution in [1.82, 2.24) is 0 Å². The smallest absolute Gasteiger partial charge is 0.417 e. The first-order valence-electron chi connectivity index (χ1n) is 10.7. The Bertz CT molecular complexity index is 1110. The third-order valence-electron chi connectivity index (χ3n) is 6.59. The van der Waals surface area contributed by atoms with E-state index in [1.54, 1.807) is 0 Å². The van der Waals surface area contributed by atoms with Crippen LogP contribution in [0.4, 0.5) is 23.2 Å². The van der Waals surface area contributed by atoms with Gasteiger partial charge < -0.3 is 30.2 Å². The average molecular weight is 502 g/mol. The predicted octanol–water partition coefficient (Wildman–Crippen LogP) is 2.88. The predicted molar refractivity (Wildman–Crippen MR) is 115 cm³/mol. The van der Waals surface area contributed by atoms with Gasteiger partial charge in [-0.3, -0.25) is 4.79 Å². The van der Waals surface area contributed by atoms with E-state index in [2.05, 4.69) is 5.32 Å². The number of anilines is 1. The highest BCUT2D eigenvalue weighted by atomic mass is 19.4. The maximum atomic E-state index is 14.1. The number of aliphatic hydroxyl groups excluding tert-OH is 2. The second-order valence-electron chi connectivity index (χ2n) is 8.61. The minimum absolute atomic E-state index is 0.00939. The molecular weight excluding hydrogens is 476 g/mol. The zero-order chi connectivity index (χ0) is 26.3. The van der Waals surface area contributed by atoms with Crippen molar-refractivity contribution in [3.63, 3.8) is 0 Å². The number of ether oxygens (including phenoxy) is 2. The summed E-state index contributed by atoms with van der Waals surface area (Å²) in [5, 5.41) is 33.2. The van der Waals surface area contributed by atoms with Gasteiger partial charge in [-0.1, -0.05) is 13.0 Å². The van der Waals surface area contributed by atoms with Crippen molar-refractivity contribution in [2.75, 3.05) is 19.0 Å². The summed E-state index contributed by atoms with van der Waals surface area (Å²) in [5.41, 5.74) is -2.75. The number of aromatic nitrogens is 1.